The van der Waals surface area contributed by atoms with Crippen LogP contribution >= 0.6 is 22.9 Å². The van der Waals surface area contributed by atoms with Crippen molar-refractivity contribution < 1.29 is 13.2 Å². The Labute approximate surface area is 225 Å². The summed E-state index contributed by atoms with van der Waals surface area (Å²) in [5.41, 5.74) is 1.21. The maximum Gasteiger partial charge on any atom is 0.333 e. The number of pyridine rings is 1. The van der Waals surface area contributed by atoms with Crippen molar-refractivity contribution in [3.63, 3.8) is 0 Å². The van der Waals surface area contributed by atoms with Gasteiger partial charge in [-0.05, 0) is 36.4 Å². The van der Waals surface area contributed by atoms with Crippen LogP contribution in [0.1, 0.15) is 0 Å². The van der Waals surface area contributed by atoms with Crippen LogP contribution in [0.5, 0.6) is 5.75 Å². The first-order valence-corrected chi connectivity index (χ1v) is 14.7. The molecule has 2 aromatic carbocycles. The van der Waals surface area contributed by atoms with Gasteiger partial charge in [-0.2, -0.15) is 0 Å². The van der Waals surface area contributed by atoms with Gasteiger partial charge in [-0.1, -0.05) is 17.7 Å². The number of ether oxygens (including phenoxy) is 1. The van der Waals surface area contributed by atoms with Crippen LogP contribution in [0.25, 0.3) is 37.1 Å². The fourth-order valence-electron chi connectivity index (χ4n) is 4.66. The molecule has 6 rings (SSSR count). The molecule has 0 saturated carbocycles. The first kappa shape index (κ1) is 24.7. The van der Waals surface area contributed by atoms with Crippen LogP contribution < -0.4 is 20.9 Å². The minimum absolute atomic E-state index is 0.0854. The zero-order valence-electron chi connectivity index (χ0n) is 20.1. The molecule has 0 aliphatic carbocycles. The molecule has 12 heteroatoms. The van der Waals surface area contributed by atoms with Crippen molar-refractivity contribution >= 4 is 59.5 Å². The molecule has 194 valence electrons. The number of halogens is 1. The van der Waals surface area contributed by atoms with Gasteiger partial charge in [0.25, 0.3) is 5.56 Å². The summed E-state index contributed by atoms with van der Waals surface area (Å²) in [7, 11) is -1.47. The number of rotatable bonds is 4. The molecular weight excluding hydrogens is 548 g/mol. The molecule has 3 aromatic heterocycles. The number of methoxy groups -OCH3 is 1. The second kappa shape index (κ2) is 9.26. The van der Waals surface area contributed by atoms with E-state index in [4.69, 9.17) is 16.3 Å². The lowest BCUT2D eigenvalue weighted by Gasteiger charge is -2.29. The summed E-state index contributed by atoms with van der Waals surface area (Å²) in [5.74, 6) is 0.793. The van der Waals surface area contributed by atoms with Crippen molar-refractivity contribution in [2.24, 2.45) is 0 Å². The standard InChI is InChI=1S/C26H21ClN4O5S2/c1-36-17-4-5-20(27)19(11-17)23-12-21-24(37-23)25(32)31(26(33)29-21)22-14-28-13-15-2-3-16(10-18(15)22)30-6-8-38(34,35)9-7-30/h2-5,10-14H,6-9H2,1H3,(H,29,33). The third-order valence-corrected chi connectivity index (χ3v) is 9.78. The molecule has 0 radical (unpaired) electrons. The number of aromatic amines is 1. The van der Waals surface area contributed by atoms with Crippen molar-refractivity contribution in [2.75, 3.05) is 36.6 Å². The second-order valence-electron chi connectivity index (χ2n) is 8.97. The van der Waals surface area contributed by atoms with Crippen molar-refractivity contribution in [3.05, 3.63) is 80.7 Å². The van der Waals surface area contributed by atoms with E-state index in [0.29, 0.717) is 55.6 Å². The Kier molecular flexibility index (Phi) is 6.01. The van der Waals surface area contributed by atoms with Gasteiger partial charge in [0.15, 0.2) is 9.84 Å². The third kappa shape index (κ3) is 4.26. The van der Waals surface area contributed by atoms with Crippen molar-refractivity contribution in [3.8, 4) is 21.9 Å². The lowest BCUT2D eigenvalue weighted by atomic mass is 10.1. The summed E-state index contributed by atoms with van der Waals surface area (Å²) in [5, 5.41) is 1.90. The number of nitrogens with zero attached hydrogens (tertiary/aromatic N) is 3. The van der Waals surface area contributed by atoms with Crippen LogP contribution in [0.4, 0.5) is 5.69 Å². The van der Waals surface area contributed by atoms with Crippen molar-refractivity contribution in [1.29, 1.82) is 0 Å². The van der Waals surface area contributed by atoms with E-state index >= 15 is 0 Å². The molecule has 5 aromatic rings. The number of hydrogen-bond acceptors (Lipinski definition) is 8. The van der Waals surface area contributed by atoms with Crippen LogP contribution in [0.15, 0.2) is 64.4 Å². The number of anilines is 1. The van der Waals surface area contributed by atoms with Crippen LogP contribution in [0.3, 0.4) is 0 Å². The average Bonchev–Trinajstić information content (AvgIpc) is 3.33. The molecular formula is C26H21ClN4O5S2. The minimum Gasteiger partial charge on any atom is -0.497 e. The zero-order chi connectivity index (χ0) is 26.6. The second-order valence-corrected chi connectivity index (χ2v) is 12.7. The van der Waals surface area contributed by atoms with Gasteiger partial charge < -0.3 is 14.6 Å². The van der Waals surface area contributed by atoms with Gasteiger partial charge in [0.05, 0.1) is 36.0 Å². The summed E-state index contributed by atoms with van der Waals surface area (Å²) in [6.07, 6.45) is 3.15. The van der Waals surface area contributed by atoms with Crippen LogP contribution in [-0.4, -0.2) is 54.7 Å². The summed E-state index contributed by atoms with van der Waals surface area (Å²) in [6, 6.07) is 12.6. The number of sulfone groups is 1. The quantitative estimate of drug-likeness (QED) is 0.350. The molecule has 0 spiro atoms. The van der Waals surface area contributed by atoms with Crippen LogP contribution in [-0.2, 0) is 9.84 Å². The number of hydrogen-bond donors (Lipinski definition) is 1. The molecule has 1 aliphatic heterocycles. The predicted molar refractivity (Wildman–Crippen MR) is 151 cm³/mol. The molecule has 38 heavy (non-hydrogen) atoms. The Bertz CT molecular complexity index is 1950. The number of fused-ring (bicyclic) bond motifs is 2. The molecule has 0 bridgehead atoms. The molecule has 0 atom stereocenters. The minimum atomic E-state index is -3.03. The van der Waals surface area contributed by atoms with Crippen molar-refractivity contribution in [2.45, 2.75) is 0 Å². The number of thiophene rings is 1. The van der Waals surface area contributed by atoms with E-state index in [2.05, 4.69) is 9.97 Å². The Morgan fingerprint density at radius 2 is 1.84 bits per heavy atom. The summed E-state index contributed by atoms with van der Waals surface area (Å²) in [6.45, 7) is 0.761. The van der Waals surface area contributed by atoms with Gasteiger partial charge in [0.1, 0.15) is 10.4 Å². The van der Waals surface area contributed by atoms with Gasteiger partial charge in [-0.25, -0.2) is 17.8 Å². The summed E-state index contributed by atoms with van der Waals surface area (Å²) >= 11 is 7.65. The SMILES string of the molecule is COc1ccc(Cl)c(-c2cc3[nH]c(=O)n(-c4cncc5ccc(N6CCS(=O)(=O)CC6)cc45)c(=O)c3s2)c1. The van der Waals surface area contributed by atoms with Gasteiger partial charge >= 0.3 is 5.69 Å². The monoisotopic (exact) mass is 568 g/mol. The van der Waals surface area contributed by atoms with Crippen LogP contribution in [0.2, 0.25) is 5.02 Å². The first-order chi connectivity index (χ1) is 18.2. The zero-order valence-corrected chi connectivity index (χ0v) is 22.5. The van der Waals surface area contributed by atoms with Gasteiger partial charge in [0, 0.05) is 51.2 Å². The molecule has 0 amide bonds. The highest BCUT2D eigenvalue weighted by atomic mass is 35.5. The van der Waals surface area contributed by atoms with E-state index in [1.54, 1.807) is 37.6 Å². The number of H-pyrrole nitrogens is 1. The van der Waals surface area contributed by atoms with Gasteiger partial charge in [0.2, 0.25) is 0 Å². The Morgan fingerprint density at radius 3 is 2.61 bits per heavy atom. The molecule has 1 N–H and O–H groups in total. The highest BCUT2D eigenvalue weighted by Gasteiger charge is 2.23. The normalized spacial score (nSPS) is 15.3. The Balaban J connectivity index is 1.50. The smallest absolute Gasteiger partial charge is 0.333 e. The van der Waals surface area contributed by atoms with E-state index in [0.717, 1.165) is 15.6 Å². The fraction of sp³-hybridized carbons (Fsp3) is 0.192. The fourth-order valence-corrected chi connectivity index (χ4v) is 7.21. The largest absolute Gasteiger partial charge is 0.497 e. The van der Waals surface area contributed by atoms with Gasteiger partial charge in [-0.3, -0.25) is 9.78 Å². The summed E-state index contributed by atoms with van der Waals surface area (Å²) < 4.78 is 30.5. The molecule has 1 saturated heterocycles. The topological polar surface area (TPSA) is 114 Å². The Hall–Kier alpha value is -3.67. The Morgan fingerprint density at radius 1 is 1.05 bits per heavy atom. The maximum absolute atomic E-state index is 13.7. The number of aromatic nitrogens is 3. The number of benzene rings is 2. The highest BCUT2D eigenvalue weighted by molar-refractivity contribution is 7.91. The molecule has 1 aliphatic rings. The lowest BCUT2D eigenvalue weighted by Crippen LogP contribution is -2.40. The number of nitrogens with one attached hydrogen (secondary N) is 1. The predicted octanol–water partition coefficient (Wildman–Crippen LogP) is 3.85. The lowest BCUT2D eigenvalue weighted by molar-refractivity contribution is 0.415. The molecule has 1 fully saturated rings. The van der Waals surface area contributed by atoms with E-state index in [9.17, 15) is 18.0 Å². The van der Waals surface area contributed by atoms with E-state index in [1.165, 1.54) is 17.5 Å². The van der Waals surface area contributed by atoms with E-state index in [1.807, 2.05) is 23.1 Å². The molecule has 9 nitrogen and oxygen atoms in total. The summed E-state index contributed by atoms with van der Waals surface area (Å²) in [4.78, 5) is 36.7. The highest BCUT2D eigenvalue weighted by Crippen LogP contribution is 2.37. The van der Waals surface area contributed by atoms with E-state index < -0.39 is 21.1 Å². The van der Waals surface area contributed by atoms with Crippen LogP contribution in [0, 0.1) is 0 Å². The van der Waals surface area contributed by atoms with Gasteiger partial charge in [-0.15, -0.1) is 11.3 Å². The first-order valence-electron chi connectivity index (χ1n) is 11.7. The average molecular weight is 569 g/mol. The molecule has 4 heterocycles. The van der Waals surface area contributed by atoms with Crippen molar-refractivity contribution in [1.82, 2.24) is 14.5 Å². The van der Waals surface area contributed by atoms with E-state index in [-0.39, 0.29) is 11.5 Å². The maximum atomic E-state index is 13.7. The molecule has 0 unspecified atom stereocenters. The third-order valence-electron chi connectivity index (χ3n) is 6.69.